The Hall–Kier alpha value is -1.93. The predicted molar refractivity (Wildman–Crippen MR) is 74.3 cm³/mol. The van der Waals surface area contributed by atoms with Gasteiger partial charge in [-0.3, -0.25) is 4.79 Å². The molecule has 0 radical (unpaired) electrons. The molecule has 114 valence electrons. The lowest BCUT2D eigenvalue weighted by Gasteiger charge is -2.08. The van der Waals surface area contributed by atoms with Crippen molar-refractivity contribution in [2.24, 2.45) is 5.92 Å². The molecule has 21 heavy (non-hydrogen) atoms. The lowest BCUT2D eigenvalue weighted by atomic mass is 10.2. The van der Waals surface area contributed by atoms with E-state index < -0.39 is 16.0 Å². The third-order valence-corrected chi connectivity index (χ3v) is 4.51. The van der Waals surface area contributed by atoms with Crippen LogP contribution in [0.25, 0.3) is 0 Å². The minimum absolute atomic E-state index is 0.0536. The zero-order chi connectivity index (χ0) is 15.5. The van der Waals surface area contributed by atoms with Crippen molar-refractivity contribution in [1.29, 1.82) is 0 Å². The van der Waals surface area contributed by atoms with Gasteiger partial charge in [-0.25, -0.2) is 17.9 Å². The Balaban J connectivity index is 1.90. The molecule has 0 saturated heterocycles. The van der Waals surface area contributed by atoms with Crippen molar-refractivity contribution >= 4 is 21.9 Å². The van der Waals surface area contributed by atoms with Gasteiger partial charge in [-0.15, -0.1) is 0 Å². The Bertz CT molecular complexity index is 652. The van der Waals surface area contributed by atoms with Gasteiger partial charge in [0, 0.05) is 19.0 Å². The summed E-state index contributed by atoms with van der Waals surface area (Å²) in [5, 5.41) is 11.5. The molecule has 2 rings (SSSR count). The fraction of sp³-hybridized carbons (Fsp3) is 0.385. The first-order valence-corrected chi connectivity index (χ1v) is 7.99. The summed E-state index contributed by atoms with van der Waals surface area (Å²) >= 11 is 0. The molecule has 0 heterocycles. The van der Waals surface area contributed by atoms with Crippen LogP contribution in [0.15, 0.2) is 29.2 Å². The highest BCUT2D eigenvalue weighted by Gasteiger charge is 2.29. The zero-order valence-electron chi connectivity index (χ0n) is 11.2. The van der Waals surface area contributed by atoms with Gasteiger partial charge < -0.3 is 10.4 Å². The number of amides is 1. The van der Waals surface area contributed by atoms with Crippen molar-refractivity contribution in [3.05, 3.63) is 29.8 Å². The van der Waals surface area contributed by atoms with Gasteiger partial charge in [0.15, 0.2) is 0 Å². The standard InChI is InChI=1S/C13H16N2O5S/c16-12(9-4-5-9)14-6-7-15-21(19,20)11-3-1-2-10(8-11)13(17)18/h1-3,8-9,15H,4-7H2,(H,14,16)(H,17,18). The molecule has 1 saturated carbocycles. The number of sulfonamides is 1. The Morgan fingerprint density at radius 2 is 1.95 bits per heavy atom. The monoisotopic (exact) mass is 312 g/mol. The normalized spacial score (nSPS) is 14.7. The van der Waals surface area contributed by atoms with Gasteiger partial charge in [-0.1, -0.05) is 6.07 Å². The van der Waals surface area contributed by atoms with Crippen molar-refractivity contribution in [2.45, 2.75) is 17.7 Å². The predicted octanol–water partition coefficient (Wildman–Crippen LogP) is 0.189. The van der Waals surface area contributed by atoms with Crippen LogP contribution in [0.4, 0.5) is 0 Å². The Kier molecular flexibility index (Phi) is 4.59. The molecule has 0 atom stereocenters. The van der Waals surface area contributed by atoms with Crippen LogP contribution in [0.1, 0.15) is 23.2 Å². The first-order chi connectivity index (χ1) is 9.90. The van der Waals surface area contributed by atoms with Gasteiger partial charge in [0.2, 0.25) is 15.9 Å². The van der Waals surface area contributed by atoms with Crippen LogP contribution in [-0.2, 0) is 14.8 Å². The minimum atomic E-state index is -3.78. The maximum Gasteiger partial charge on any atom is 0.335 e. The van der Waals surface area contributed by atoms with E-state index in [0.717, 1.165) is 18.9 Å². The van der Waals surface area contributed by atoms with Crippen molar-refractivity contribution in [1.82, 2.24) is 10.0 Å². The van der Waals surface area contributed by atoms with E-state index in [0.29, 0.717) is 0 Å². The molecule has 1 aliphatic rings. The van der Waals surface area contributed by atoms with Crippen molar-refractivity contribution < 1.29 is 23.1 Å². The highest BCUT2D eigenvalue weighted by atomic mass is 32.2. The van der Waals surface area contributed by atoms with E-state index in [1.165, 1.54) is 18.2 Å². The molecule has 0 unspecified atom stereocenters. The molecule has 8 heteroatoms. The summed E-state index contributed by atoms with van der Waals surface area (Å²) in [5.41, 5.74) is -0.0973. The molecule has 0 aliphatic heterocycles. The summed E-state index contributed by atoms with van der Waals surface area (Å²) in [6.45, 7) is 0.255. The first-order valence-electron chi connectivity index (χ1n) is 6.51. The number of benzene rings is 1. The molecule has 1 amide bonds. The summed E-state index contributed by atoms with van der Waals surface area (Å²) in [7, 11) is -3.78. The lowest BCUT2D eigenvalue weighted by molar-refractivity contribution is -0.122. The summed E-state index contributed by atoms with van der Waals surface area (Å²) in [5.74, 6) is -1.17. The average Bonchev–Trinajstić information content (AvgIpc) is 3.28. The number of aromatic carboxylic acids is 1. The molecule has 7 nitrogen and oxygen atoms in total. The maximum atomic E-state index is 12.0. The third kappa shape index (κ3) is 4.27. The second-order valence-electron chi connectivity index (χ2n) is 4.80. The summed E-state index contributed by atoms with van der Waals surface area (Å²) in [4.78, 5) is 22.1. The van der Waals surface area contributed by atoms with Crippen LogP contribution >= 0.6 is 0 Å². The third-order valence-electron chi connectivity index (χ3n) is 3.06. The molecule has 0 aromatic heterocycles. The molecule has 1 aliphatic carbocycles. The molecular weight excluding hydrogens is 296 g/mol. The van der Waals surface area contributed by atoms with E-state index in [-0.39, 0.29) is 35.4 Å². The van der Waals surface area contributed by atoms with E-state index in [1.54, 1.807) is 0 Å². The van der Waals surface area contributed by atoms with Crippen LogP contribution < -0.4 is 10.0 Å². The molecule has 0 spiro atoms. The second-order valence-corrected chi connectivity index (χ2v) is 6.56. The first kappa shape index (κ1) is 15.5. The minimum Gasteiger partial charge on any atom is -0.478 e. The van der Waals surface area contributed by atoms with E-state index in [1.807, 2.05) is 0 Å². The highest BCUT2D eigenvalue weighted by molar-refractivity contribution is 7.89. The Morgan fingerprint density at radius 3 is 2.57 bits per heavy atom. The quantitative estimate of drug-likeness (QED) is 0.622. The van der Waals surface area contributed by atoms with Gasteiger partial charge >= 0.3 is 5.97 Å². The number of carboxylic acid groups (broad SMARTS) is 1. The number of carbonyl (C=O) groups excluding carboxylic acids is 1. The van der Waals surface area contributed by atoms with E-state index >= 15 is 0 Å². The molecule has 1 aromatic carbocycles. The number of carbonyl (C=O) groups is 2. The lowest BCUT2D eigenvalue weighted by Crippen LogP contribution is -2.35. The van der Waals surface area contributed by atoms with Gasteiger partial charge in [-0.05, 0) is 31.0 Å². The van der Waals surface area contributed by atoms with Crippen molar-refractivity contribution in [2.75, 3.05) is 13.1 Å². The number of hydrogen-bond donors (Lipinski definition) is 3. The topological polar surface area (TPSA) is 113 Å². The van der Waals surface area contributed by atoms with Gasteiger partial charge in [0.25, 0.3) is 0 Å². The number of carboxylic acids is 1. The number of nitrogens with one attached hydrogen (secondary N) is 2. The Labute approximate surface area is 122 Å². The fourth-order valence-electron chi connectivity index (χ4n) is 1.74. The molecule has 0 bridgehead atoms. The maximum absolute atomic E-state index is 12.0. The number of rotatable bonds is 7. The largest absolute Gasteiger partial charge is 0.478 e. The van der Waals surface area contributed by atoms with Crippen LogP contribution in [0.2, 0.25) is 0 Å². The smallest absolute Gasteiger partial charge is 0.335 e. The van der Waals surface area contributed by atoms with Crippen LogP contribution in [0.5, 0.6) is 0 Å². The summed E-state index contributed by atoms with van der Waals surface area (Å²) in [6, 6.07) is 5.09. The van der Waals surface area contributed by atoms with E-state index in [9.17, 15) is 18.0 Å². The Morgan fingerprint density at radius 1 is 1.24 bits per heavy atom. The fourth-order valence-corrected chi connectivity index (χ4v) is 2.82. The van der Waals surface area contributed by atoms with E-state index in [2.05, 4.69) is 10.0 Å². The molecular formula is C13H16N2O5S. The van der Waals surface area contributed by atoms with Crippen molar-refractivity contribution in [3.8, 4) is 0 Å². The second kappa shape index (κ2) is 6.23. The average molecular weight is 312 g/mol. The highest BCUT2D eigenvalue weighted by Crippen LogP contribution is 2.28. The molecule has 3 N–H and O–H groups in total. The number of hydrogen-bond acceptors (Lipinski definition) is 4. The van der Waals surface area contributed by atoms with Crippen LogP contribution in [-0.4, -0.2) is 38.5 Å². The molecule has 1 fully saturated rings. The van der Waals surface area contributed by atoms with Crippen LogP contribution in [0.3, 0.4) is 0 Å². The molecule has 1 aromatic rings. The van der Waals surface area contributed by atoms with Gasteiger partial charge in [-0.2, -0.15) is 0 Å². The van der Waals surface area contributed by atoms with Crippen molar-refractivity contribution in [3.63, 3.8) is 0 Å². The van der Waals surface area contributed by atoms with Gasteiger partial charge in [0.05, 0.1) is 10.5 Å². The zero-order valence-corrected chi connectivity index (χ0v) is 12.0. The van der Waals surface area contributed by atoms with Crippen LogP contribution in [0, 0.1) is 5.92 Å². The SMILES string of the molecule is O=C(O)c1cccc(S(=O)(=O)NCCNC(=O)C2CC2)c1. The summed E-state index contributed by atoms with van der Waals surface area (Å²) < 4.78 is 26.3. The van der Waals surface area contributed by atoms with E-state index in [4.69, 9.17) is 5.11 Å². The van der Waals surface area contributed by atoms with Gasteiger partial charge in [0.1, 0.15) is 0 Å². The summed E-state index contributed by atoms with van der Waals surface area (Å²) in [6.07, 6.45) is 1.78.